The molecular weight excluding hydrogens is 385 g/mol. The second-order valence-electron chi connectivity index (χ2n) is 6.91. The fourth-order valence-electron chi connectivity index (χ4n) is 3.16. The Morgan fingerprint density at radius 2 is 2.04 bits per heavy atom. The molecule has 0 saturated carbocycles. The van der Waals surface area contributed by atoms with Gasteiger partial charge in [0, 0.05) is 32.3 Å². The summed E-state index contributed by atoms with van der Waals surface area (Å²) in [5, 5.41) is 5.25. The topological polar surface area (TPSA) is 57.3 Å². The predicted molar refractivity (Wildman–Crippen MR) is 103 cm³/mol. The quantitative estimate of drug-likeness (QED) is 0.800. The zero-order valence-corrected chi connectivity index (χ0v) is 16.3. The van der Waals surface area contributed by atoms with E-state index in [4.69, 9.17) is 0 Å². The Balaban J connectivity index is 0.00000169. The van der Waals surface area contributed by atoms with E-state index in [0.29, 0.717) is 6.54 Å². The van der Waals surface area contributed by atoms with Crippen molar-refractivity contribution in [2.45, 2.75) is 44.7 Å². The third-order valence-corrected chi connectivity index (χ3v) is 4.81. The van der Waals surface area contributed by atoms with Crippen LogP contribution in [0.15, 0.2) is 18.3 Å². The van der Waals surface area contributed by atoms with E-state index in [1.54, 1.807) is 6.20 Å². The molecule has 2 aliphatic rings. The maximum absolute atomic E-state index is 13.1. The number of carbonyl (C=O) groups is 1. The molecule has 0 aliphatic carbocycles. The number of aromatic nitrogens is 1. The van der Waals surface area contributed by atoms with Gasteiger partial charge in [0.2, 0.25) is 5.91 Å². The van der Waals surface area contributed by atoms with Crippen LogP contribution in [-0.4, -0.2) is 42.5 Å². The third kappa shape index (κ3) is 5.93. The summed E-state index contributed by atoms with van der Waals surface area (Å²) in [4.78, 5) is 18.7. The molecule has 2 fully saturated rings. The number of anilines is 1. The smallest absolute Gasteiger partial charge is 0.262 e. The van der Waals surface area contributed by atoms with Gasteiger partial charge in [-0.2, -0.15) is 0 Å². The van der Waals surface area contributed by atoms with Crippen LogP contribution in [0.3, 0.4) is 0 Å². The number of rotatable bonds is 4. The molecule has 0 aromatic carbocycles. The van der Waals surface area contributed by atoms with Gasteiger partial charge >= 0.3 is 0 Å². The van der Waals surface area contributed by atoms with Gasteiger partial charge in [-0.15, -0.1) is 24.8 Å². The lowest BCUT2D eigenvalue weighted by atomic mass is 9.99. The largest absolute Gasteiger partial charge is 0.357 e. The number of alkyl halides is 2. The number of hydrogen-bond donors (Lipinski definition) is 2. The first-order chi connectivity index (χ1) is 11.4. The van der Waals surface area contributed by atoms with E-state index in [1.165, 1.54) is 12.8 Å². The summed E-state index contributed by atoms with van der Waals surface area (Å²) in [5.41, 5.74) is 0.863. The van der Waals surface area contributed by atoms with Gasteiger partial charge in [-0.1, -0.05) is 13.0 Å². The van der Waals surface area contributed by atoms with Crippen molar-refractivity contribution in [2.75, 3.05) is 24.5 Å². The summed E-state index contributed by atoms with van der Waals surface area (Å²) >= 11 is 0. The molecular formula is C17H26Cl2F2N4O. The summed E-state index contributed by atoms with van der Waals surface area (Å²) in [6.45, 7) is 4.17. The predicted octanol–water partition coefficient (Wildman–Crippen LogP) is 2.77. The Morgan fingerprint density at radius 3 is 2.58 bits per heavy atom. The highest BCUT2D eigenvalue weighted by Crippen LogP contribution is 2.25. The number of carbonyl (C=O) groups excluding carboxylic acids is 1. The molecule has 1 aromatic heterocycles. The molecule has 2 aliphatic heterocycles. The van der Waals surface area contributed by atoms with Gasteiger partial charge < -0.3 is 10.2 Å². The van der Waals surface area contributed by atoms with Crippen molar-refractivity contribution in [1.82, 2.24) is 15.6 Å². The molecule has 26 heavy (non-hydrogen) atoms. The van der Waals surface area contributed by atoms with E-state index in [9.17, 15) is 13.6 Å². The maximum Gasteiger partial charge on any atom is 0.262 e. The average Bonchev–Trinajstić information content (AvgIpc) is 2.94. The molecule has 3 rings (SSSR count). The van der Waals surface area contributed by atoms with Crippen molar-refractivity contribution in [3.05, 3.63) is 23.9 Å². The average molecular weight is 411 g/mol. The number of amides is 1. The van der Waals surface area contributed by atoms with Gasteiger partial charge in [-0.25, -0.2) is 13.8 Å². The van der Waals surface area contributed by atoms with Crippen LogP contribution in [0, 0.1) is 5.92 Å². The van der Waals surface area contributed by atoms with Crippen molar-refractivity contribution >= 4 is 36.5 Å². The normalized spacial score (nSPS) is 22.3. The second kappa shape index (κ2) is 9.67. The monoisotopic (exact) mass is 410 g/mol. The fourth-order valence-corrected chi connectivity index (χ4v) is 3.16. The summed E-state index contributed by atoms with van der Waals surface area (Å²) < 4.78 is 26.2. The fraction of sp³-hybridized carbons (Fsp3) is 0.647. The van der Waals surface area contributed by atoms with Crippen molar-refractivity contribution in [1.29, 1.82) is 0 Å². The first kappa shape index (κ1) is 22.9. The molecule has 0 bridgehead atoms. The van der Waals surface area contributed by atoms with Crippen molar-refractivity contribution < 1.29 is 13.6 Å². The van der Waals surface area contributed by atoms with E-state index in [-0.39, 0.29) is 30.7 Å². The molecule has 1 aromatic rings. The van der Waals surface area contributed by atoms with Gasteiger partial charge in [0.15, 0.2) is 0 Å². The van der Waals surface area contributed by atoms with Crippen LogP contribution in [0.1, 0.15) is 31.7 Å². The van der Waals surface area contributed by atoms with E-state index < -0.39 is 24.9 Å². The maximum atomic E-state index is 13.1. The molecule has 0 spiro atoms. The van der Waals surface area contributed by atoms with E-state index in [0.717, 1.165) is 30.4 Å². The molecule has 9 heteroatoms. The molecule has 148 valence electrons. The zero-order chi connectivity index (χ0) is 17.2. The van der Waals surface area contributed by atoms with Crippen LogP contribution < -0.4 is 15.5 Å². The van der Waals surface area contributed by atoms with Gasteiger partial charge in [0.25, 0.3) is 5.92 Å². The number of pyridine rings is 1. The number of nitrogens with one attached hydrogen (secondary N) is 2. The Morgan fingerprint density at radius 1 is 1.35 bits per heavy atom. The summed E-state index contributed by atoms with van der Waals surface area (Å²) in [6.07, 6.45) is 3.66. The van der Waals surface area contributed by atoms with E-state index in [2.05, 4.69) is 27.4 Å². The van der Waals surface area contributed by atoms with Crippen molar-refractivity contribution in [3.8, 4) is 0 Å². The molecule has 1 unspecified atom stereocenters. The molecule has 0 radical (unpaired) electrons. The summed E-state index contributed by atoms with van der Waals surface area (Å²) in [7, 11) is 0. The Bertz CT molecular complexity index is 581. The first-order valence-corrected chi connectivity index (χ1v) is 8.52. The SMILES string of the molecule is CC1CCN(c2ccc(CNC(=O)C3CC(F)(F)CN3)cn2)CC1.Cl.Cl. The molecule has 1 amide bonds. The third-order valence-electron chi connectivity index (χ3n) is 4.81. The summed E-state index contributed by atoms with van der Waals surface area (Å²) in [6, 6.07) is 3.07. The lowest BCUT2D eigenvalue weighted by Crippen LogP contribution is -2.40. The minimum atomic E-state index is -2.79. The Labute approximate surface area is 165 Å². The highest BCUT2D eigenvalue weighted by molar-refractivity contribution is 5.85. The highest BCUT2D eigenvalue weighted by Gasteiger charge is 2.42. The summed E-state index contributed by atoms with van der Waals surface area (Å²) in [5.74, 6) is -1.46. The van der Waals surface area contributed by atoms with Crippen LogP contribution >= 0.6 is 24.8 Å². The van der Waals surface area contributed by atoms with Crippen LogP contribution in [0.25, 0.3) is 0 Å². The lowest BCUT2D eigenvalue weighted by Gasteiger charge is -2.31. The van der Waals surface area contributed by atoms with Gasteiger partial charge in [0.1, 0.15) is 5.82 Å². The Hall–Kier alpha value is -1.18. The molecule has 2 saturated heterocycles. The van der Waals surface area contributed by atoms with Crippen molar-refractivity contribution in [3.63, 3.8) is 0 Å². The van der Waals surface area contributed by atoms with Gasteiger partial charge in [-0.05, 0) is 30.4 Å². The van der Waals surface area contributed by atoms with Crippen LogP contribution in [0.2, 0.25) is 0 Å². The zero-order valence-electron chi connectivity index (χ0n) is 14.7. The van der Waals surface area contributed by atoms with E-state index in [1.807, 2.05) is 12.1 Å². The molecule has 5 nitrogen and oxygen atoms in total. The lowest BCUT2D eigenvalue weighted by molar-refractivity contribution is -0.123. The number of hydrogen-bond acceptors (Lipinski definition) is 4. The second-order valence-corrected chi connectivity index (χ2v) is 6.91. The van der Waals surface area contributed by atoms with E-state index >= 15 is 0 Å². The van der Waals surface area contributed by atoms with Crippen LogP contribution in [0.4, 0.5) is 14.6 Å². The minimum Gasteiger partial charge on any atom is -0.357 e. The van der Waals surface area contributed by atoms with Crippen LogP contribution in [-0.2, 0) is 11.3 Å². The number of nitrogens with zero attached hydrogens (tertiary/aromatic N) is 2. The number of halogens is 4. The first-order valence-electron chi connectivity index (χ1n) is 8.52. The molecule has 2 N–H and O–H groups in total. The highest BCUT2D eigenvalue weighted by atomic mass is 35.5. The minimum absolute atomic E-state index is 0. The number of piperidine rings is 1. The Kier molecular flexibility index (Phi) is 8.50. The van der Waals surface area contributed by atoms with Gasteiger partial charge in [0.05, 0.1) is 12.6 Å². The molecule has 3 heterocycles. The van der Waals surface area contributed by atoms with Gasteiger partial charge in [-0.3, -0.25) is 10.1 Å². The standard InChI is InChI=1S/C17H24F2N4O.2ClH/c1-12-4-6-23(7-5-12)15-3-2-13(9-20-15)10-21-16(24)14-8-17(18,19)11-22-14;;/h2-3,9,12,14,22H,4-8,10-11H2,1H3,(H,21,24);2*1H. The molecule has 1 atom stereocenters. The van der Waals surface area contributed by atoms with Crippen LogP contribution in [0.5, 0.6) is 0 Å². The van der Waals surface area contributed by atoms with Crippen molar-refractivity contribution in [2.24, 2.45) is 5.92 Å².